The molecule has 0 saturated heterocycles. The van der Waals surface area contributed by atoms with Crippen molar-refractivity contribution in [3.05, 3.63) is 29.8 Å². The zero-order chi connectivity index (χ0) is 10.3. The van der Waals surface area contributed by atoms with Crippen molar-refractivity contribution in [1.29, 1.82) is 0 Å². The van der Waals surface area contributed by atoms with Gasteiger partial charge in [0.2, 0.25) is 0 Å². The number of hydrogen-bond donors (Lipinski definition) is 0. The van der Waals surface area contributed by atoms with Crippen molar-refractivity contribution in [2.75, 3.05) is 0 Å². The monoisotopic (exact) mass is 292 g/mol. The Morgan fingerprint density at radius 1 is 1.46 bits per heavy atom. The molecule has 0 unspecified atom stereocenters. The van der Waals surface area contributed by atoms with Gasteiger partial charge in [0.05, 0.1) is 6.10 Å². The maximum absolute atomic E-state index is 5.49. The Morgan fingerprint density at radius 3 is 2.54 bits per heavy atom. The molecule has 0 N–H and O–H groups in total. The number of rotatable bonds is 2. The molecule has 3 heteroatoms. The van der Waals surface area contributed by atoms with Gasteiger partial charge in [0.25, 0.3) is 0 Å². The molecular formula is C10H13BrOZn. The van der Waals surface area contributed by atoms with Gasteiger partial charge in [0, 0.05) is 5.75 Å². The molecule has 0 bridgehead atoms. The summed E-state index contributed by atoms with van der Waals surface area (Å²) >= 11 is 4.25. The van der Waals surface area contributed by atoms with Crippen molar-refractivity contribution in [1.82, 2.24) is 0 Å². The second kappa shape index (κ2) is 7.52. The van der Waals surface area contributed by atoms with Crippen molar-refractivity contribution in [2.24, 2.45) is 0 Å². The predicted molar refractivity (Wildman–Crippen MR) is 54.7 cm³/mol. The van der Waals surface area contributed by atoms with Crippen molar-refractivity contribution in [2.45, 2.75) is 26.9 Å². The van der Waals surface area contributed by atoms with Crippen LogP contribution < -0.4 is 4.74 Å². The predicted octanol–water partition coefficient (Wildman–Crippen LogP) is 3.43. The normalized spacial score (nSPS) is 9.15. The minimum atomic E-state index is 0.229. The van der Waals surface area contributed by atoms with Gasteiger partial charge in [-0.25, -0.2) is 0 Å². The summed E-state index contributed by atoms with van der Waals surface area (Å²) in [6.07, 6.45) is 0.229. The van der Waals surface area contributed by atoms with Gasteiger partial charge in [-0.05, 0) is 13.8 Å². The molecule has 0 saturated carbocycles. The van der Waals surface area contributed by atoms with Gasteiger partial charge in [-0.3, -0.25) is 0 Å². The van der Waals surface area contributed by atoms with Gasteiger partial charge in [0.1, 0.15) is 0 Å². The molecule has 0 heterocycles. The van der Waals surface area contributed by atoms with Crippen LogP contribution in [0.1, 0.15) is 19.4 Å². The van der Waals surface area contributed by atoms with Crippen LogP contribution in [0.3, 0.4) is 0 Å². The van der Waals surface area contributed by atoms with E-state index in [0.29, 0.717) is 0 Å². The second-order valence-electron chi connectivity index (χ2n) is 2.85. The van der Waals surface area contributed by atoms with Crippen LogP contribution in [-0.4, -0.2) is 6.10 Å². The fraction of sp³-hybridized carbons (Fsp3) is 0.400. The van der Waals surface area contributed by atoms with E-state index in [9.17, 15) is 0 Å². The third-order valence-corrected chi connectivity index (χ3v) is 1.37. The van der Waals surface area contributed by atoms with Crippen LogP contribution in [0.4, 0.5) is 0 Å². The number of ether oxygens (including phenoxy) is 1. The summed E-state index contributed by atoms with van der Waals surface area (Å²) in [6, 6.07) is 8.89. The molecular weight excluding hydrogens is 281 g/mol. The van der Waals surface area contributed by atoms with Crippen LogP contribution in [0, 0.1) is 13.0 Å². The summed E-state index contributed by atoms with van der Waals surface area (Å²) in [5.41, 5.74) is 1.14. The Morgan fingerprint density at radius 2 is 2.08 bits per heavy atom. The molecule has 0 spiro atoms. The molecule has 0 aliphatic carbocycles. The van der Waals surface area contributed by atoms with Crippen LogP contribution in [-0.2, 0) is 16.3 Å². The zero-order valence-electron chi connectivity index (χ0n) is 8.30. The molecule has 0 atom stereocenters. The van der Waals surface area contributed by atoms with Crippen LogP contribution in [0.25, 0.3) is 0 Å². The van der Waals surface area contributed by atoms with Crippen LogP contribution in [0.5, 0.6) is 5.75 Å². The Kier molecular flexibility index (Phi) is 7.59. The van der Waals surface area contributed by atoms with E-state index in [2.05, 4.69) is 19.7 Å². The van der Waals surface area contributed by atoms with Crippen LogP contribution in [0.2, 0.25) is 0 Å². The van der Waals surface area contributed by atoms with Gasteiger partial charge < -0.3 is 4.74 Å². The van der Waals surface area contributed by atoms with E-state index in [1.807, 2.05) is 39.0 Å². The van der Waals surface area contributed by atoms with E-state index in [1.54, 1.807) is 0 Å². The quantitative estimate of drug-likeness (QED) is 0.600. The first-order valence-electron chi connectivity index (χ1n) is 4.11. The standard InChI is InChI=1S/C10H13O.BrH.Zn/c1-8(2)11-10-7-5-4-6-9(10)3;;/h4-6,8H,1-3H3;1H;/q-1;;+2/p-1. The van der Waals surface area contributed by atoms with E-state index in [1.165, 1.54) is 16.3 Å². The van der Waals surface area contributed by atoms with Crippen molar-refractivity contribution < 1.29 is 21.1 Å². The van der Waals surface area contributed by atoms with Crippen molar-refractivity contribution >= 4 is 13.6 Å². The molecule has 0 aliphatic rings. The topological polar surface area (TPSA) is 9.23 Å². The van der Waals surface area contributed by atoms with Gasteiger partial charge in [-0.2, -0.15) is 18.2 Å². The summed E-state index contributed by atoms with van der Waals surface area (Å²) in [6.45, 7) is 6.05. The average Bonchev–Trinajstić information content (AvgIpc) is 2.12. The molecule has 1 aromatic carbocycles. The fourth-order valence-corrected chi connectivity index (χ4v) is 0.868. The van der Waals surface area contributed by atoms with Crippen LogP contribution in [0.15, 0.2) is 18.2 Å². The number of para-hydroxylation sites is 1. The Labute approximate surface area is 96.9 Å². The average molecular weight is 295 g/mol. The van der Waals surface area contributed by atoms with Gasteiger partial charge >= 0.3 is 30.0 Å². The number of benzene rings is 1. The van der Waals surface area contributed by atoms with E-state index >= 15 is 0 Å². The Hall–Kier alpha value is 0.123. The SMILES string of the molecule is Cc1ccc[c-]c1OC(C)C.[Zn+][Br]. The maximum atomic E-state index is 5.49. The van der Waals surface area contributed by atoms with Gasteiger partial charge in [-0.1, -0.05) is 6.92 Å². The third kappa shape index (κ3) is 5.43. The molecule has 13 heavy (non-hydrogen) atoms. The summed E-state index contributed by atoms with van der Waals surface area (Å²) < 4.78 is 5.49. The molecule has 1 nitrogen and oxygen atoms in total. The molecule has 0 aromatic heterocycles. The number of halogens is 1. The summed E-state index contributed by atoms with van der Waals surface area (Å²) in [5.74, 6) is 0.863. The molecule has 0 aliphatic heterocycles. The molecule has 1 rings (SSSR count). The van der Waals surface area contributed by atoms with E-state index in [0.717, 1.165) is 11.3 Å². The van der Waals surface area contributed by atoms with Crippen molar-refractivity contribution in [3.63, 3.8) is 0 Å². The summed E-state index contributed by atoms with van der Waals surface area (Å²) in [7, 11) is 0. The molecule has 0 amide bonds. The first kappa shape index (κ1) is 13.1. The van der Waals surface area contributed by atoms with Gasteiger partial charge in [-0.15, -0.1) is 11.6 Å². The Bertz CT molecular complexity index is 238. The second-order valence-corrected chi connectivity index (χ2v) is 2.85. The Balaban J connectivity index is 0.000000671. The molecule has 68 valence electrons. The van der Waals surface area contributed by atoms with Gasteiger partial charge in [0.15, 0.2) is 0 Å². The number of aryl methyl sites for hydroxylation is 1. The third-order valence-electron chi connectivity index (χ3n) is 1.37. The van der Waals surface area contributed by atoms with Crippen molar-refractivity contribution in [3.8, 4) is 5.75 Å². The first-order valence-corrected chi connectivity index (χ1v) is 11.1. The minimum absolute atomic E-state index is 0.229. The summed E-state index contributed by atoms with van der Waals surface area (Å²) in [4.78, 5) is 0. The molecule has 1 aromatic rings. The number of hydrogen-bond acceptors (Lipinski definition) is 1. The van der Waals surface area contributed by atoms with E-state index < -0.39 is 0 Å². The molecule has 0 radical (unpaired) electrons. The molecule has 0 fully saturated rings. The first-order chi connectivity index (χ1) is 6.20. The van der Waals surface area contributed by atoms with Crippen LogP contribution >= 0.6 is 13.6 Å². The summed E-state index contributed by atoms with van der Waals surface area (Å²) in [5, 5.41) is 0. The zero-order valence-corrected chi connectivity index (χ0v) is 12.9. The van der Waals surface area contributed by atoms with E-state index in [-0.39, 0.29) is 6.10 Å². The fourth-order valence-electron chi connectivity index (χ4n) is 0.868. The van der Waals surface area contributed by atoms with E-state index in [4.69, 9.17) is 4.74 Å².